The molecule has 0 spiro atoms. The van der Waals surface area contributed by atoms with Crippen LogP contribution in [0.5, 0.6) is 0 Å². The molecular formula is C22H20N4O. The van der Waals surface area contributed by atoms with Crippen LogP contribution in [0, 0.1) is 6.92 Å². The summed E-state index contributed by atoms with van der Waals surface area (Å²) >= 11 is 0. The van der Waals surface area contributed by atoms with E-state index in [0.29, 0.717) is 5.69 Å². The van der Waals surface area contributed by atoms with Crippen molar-refractivity contribution in [1.29, 1.82) is 0 Å². The van der Waals surface area contributed by atoms with Gasteiger partial charge in [-0.2, -0.15) is 5.10 Å². The first-order chi connectivity index (χ1) is 13.1. The van der Waals surface area contributed by atoms with E-state index in [1.807, 2.05) is 97.5 Å². The molecule has 0 atom stereocenters. The first-order valence-electron chi connectivity index (χ1n) is 8.77. The molecule has 5 nitrogen and oxygen atoms in total. The van der Waals surface area contributed by atoms with Crippen molar-refractivity contribution in [3.8, 4) is 17.1 Å². The minimum Gasteiger partial charge on any atom is -0.349 e. The SMILES string of the molecule is Cc1ccc(NC(=O)c2cc(-c3cccn3C)nn2-c2ccccc2)cc1. The van der Waals surface area contributed by atoms with Gasteiger partial charge in [0.25, 0.3) is 5.91 Å². The predicted octanol–water partition coefficient (Wildman–Crippen LogP) is 4.44. The number of nitrogens with one attached hydrogen (secondary N) is 1. The van der Waals surface area contributed by atoms with Gasteiger partial charge in [0.15, 0.2) is 0 Å². The third-order valence-electron chi connectivity index (χ3n) is 4.46. The molecule has 0 aliphatic heterocycles. The Morgan fingerprint density at radius 1 is 0.963 bits per heavy atom. The molecule has 0 unspecified atom stereocenters. The molecule has 27 heavy (non-hydrogen) atoms. The average Bonchev–Trinajstić information content (AvgIpc) is 3.30. The zero-order valence-corrected chi connectivity index (χ0v) is 15.3. The lowest BCUT2D eigenvalue weighted by Gasteiger charge is -2.08. The summed E-state index contributed by atoms with van der Waals surface area (Å²) < 4.78 is 3.67. The second kappa shape index (κ2) is 6.96. The summed E-state index contributed by atoms with van der Waals surface area (Å²) in [4.78, 5) is 13.0. The number of benzene rings is 2. The molecule has 134 valence electrons. The van der Waals surface area contributed by atoms with E-state index in [-0.39, 0.29) is 5.91 Å². The van der Waals surface area contributed by atoms with Crippen molar-refractivity contribution in [3.63, 3.8) is 0 Å². The van der Waals surface area contributed by atoms with Gasteiger partial charge in [-0.05, 0) is 49.4 Å². The van der Waals surface area contributed by atoms with Gasteiger partial charge in [0.05, 0.1) is 11.4 Å². The quantitative estimate of drug-likeness (QED) is 0.588. The topological polar surface area (TPSA) is 51.9 Å². The van der Waals surface area contributed by atoms with Crippen LogP contribution in [0.3, 0.4) is 0 Å². The third-order valence-corrected chi connectivity index (χ3v) is 4.46. The van der Waals surface area contributed by atoms with E-state index in [9.17, 15) is 4.79 Å². The molecule has 4 rings (SSSR count). The summed E-state index contributed by atoms with van der Waals surface area (Å²) in [5.74, 6) is -0.198. The minimum atomic E-state index is -0.198. The Morgan fingerprint density at radius 3 is 2.37 bits per heavy atom. The number of nitrogens with zero attached hydrogens (tertiary/aromatic N) is 3. The van der Waals surface area contributed by atoms with E-state index in [1.54, 1.807) is 4.68 Å². The number of aryl methyl sites for hydroxylation is 2. The molecule has 1 N–H and O–H groups in total. The van der Waals surface area contributed by atoms with Crippen LogP contribution in [0.15, 0.2) is 79.0 Å². The van der Waals surface area contributed by atoms with Crippen LogP contribution in [-0.4, -0.2) is 20.3 Å². The lowest BCUT2D eigenvalue weighted by Crippen LogP contribution is -2.16. The average molecular weight is 356 g/mol. The molecule has 2 aromatic heterocycles. The molecule has 0 fully saturated rings. The van der Waals surface area contributed by atoms with Gasteiger partial charge in [0.2, 0.25) is 0 Å². The molecule has 0 bridgehead atoms. The van der Waals surface area contributed by atoms with Crippen LogP contribution in [0.4, 0.5) is 5.69 Å². The first-order valence-corrected chi connectivity index (χ1v) is 8.77. The van der Waals surface area contributed by atoms with Crippen LogP contribution < -0.4 is 5.32 Å². The Labute approximate surface area is 157 Å². The molecule has 0 aliphatic carbocycles. The normalized spacial score (nSPS) is 10.7. The summed E-state index contributed by atoms with van der Waals surface area (Å²) in [6, 6.07) is 23.2. The monoisotopic (exact) mass is 356 g/mol. The number of carbonyl (C=O) groups excluding carboxylic acids is 1. The highest BCUT2D eigenvalue weighted by molar-refractivity contribution is 6.04. The van der Waals surface area contributed by atoms with E-state index < -0.39 is 0 Å². The van der Waals surface area contributed by atoms with Crippen molar-refractivity contribution in [3.05, 3.63) is 90.3 Å². The molecule has 0 saturated carbocycles. The Balaban J connectivity index is 1.76. The van der Waals surface area contributed by atoms with Crippen LogP contribution in [0.2, 0.25) is 0 Å². The van der Waals surface area contributed by atoms with Gasteiger partial charge >= 0.3 is 0 Å². The van der Waals surface area contributed by atoms with Gasteiger partial charge in [-0.15, -0.1) is 0 Å². The highest BCUT2D eigenvalue weighted by Gasteiger charge is 2.18. The van der Waals surface area contributed by atoms with Gasteiger partial charge < -0.3 is 9.88 Å². The number of anilines is 1. The van der Waals surface area contributed by atoms with Gasteiger partial charge in [-0.3, -0.25) is 4.79 Å². The van der Waals surface area contributed by atoms with E-state index in [1.165, 1.54) is 0 Å². The van der Waals surface area contributed by atoms with Crippen LogP contribution >= 0.6 is 0 Å². The van der Waals surface area contributed by atoms with Gasteiger partial charge in [-0.25, -0.2) is 4.68 Å². The Morgan fingerprint density at radius 2 is 1.70 bits per heavy atom. The second-order valence-corrected chi connectivity index (χ2v) is 6.49. The van der Waals surface area contributed by atoms with Crippen molar-refractivity contribution < 1.29 is 4.79 Å². The van der Waals surface area contributed by atoms with E-state index in [2.05, 4.69) is 5.32 Å². The Bertz CT molecular complexity index is 1080. The Hall–Kier alpha value is -3.60. The van der Waals surface area contributed by atoms with Gasteiger partial charge in [0, 0.05) is 18.9 Å². The standard InChI is InChI=1S/C22H20N4O/c1-16-10-12-17(13-11-16)23-22(27)21-15-19(20-9-6-14-25(20)2)24-26(21)18-7-4-3-5-8-18/h3-15H,1-2H3,(H,23,27). The summed E-state index contributed by atoms with van der Waals surface area (Å²) in [6.45, 7) is 2.02. The molecule has 0 radical (unpaired) electrons. The first kappa shape index (κ1) is 16.8. The van der Waals surface area contributed by atoms with Crippen LogP contribution in [0.25, 0.3) is 17.1 Å². The number of para-hydroxylation sites is 1. The van der Waals surface area contributed by atoms with Gasteiger partial charge in [0.1, 0.15) is 11.4 Å². The maximum Gasteiger partial charge on any atom is 0.274 e. The number of hydrogen-bond acceptors (Lipinski definition) is 2. The fraction of sp³-hybridized carbons (Fsp3) is 0.0909. The number of hydrogen-bond donors (Lipinski definition) is 1. The van der Waals surface area contributed by atoms with E-state index >= 15 is 0 Å². The highest BCUT2D eigenvalue weighted by atomic mass is 16.2. The zero-order valence-electron chi connectivity index (χ0n) is 15.3. The van der Waals surface area contributed by atoms with E-state index in [4.69, 9.17) is 5.10 Å². The molecule has 0 saturated heterocycles. The van der Waals surface area contributed by atoms with Gasteiger partial charge in [-0.1, -0.05) is 35.9 Å². The smallest absolute Gasteiger partial charge is 0.274 e. The maximum atomic E-state index is 13.0. The van der Waals surface area contributed by atoms with Crippen molar-refractivity contribution in [2.24, 2.45) is 7.05 Å². The number of rotatable bonds is 4. The van der Waals surface area contributed by atoms with E-state index in [0.717, 1.165) is 28.3 Å². The molecule has 0 aliphatic rings. The van der Waals surface area contributed by atoms with Crippen molar-refractivity contribution >= 4 is 11.6 Å². The fourth-order valence-electron chi connectivity index (χ4n) is 2.99. The molecule has 5 heteroatoms. The summed E-state index contributed by atoms with van der Waals surface area (Å²) in [5, 5.41) is 7.66. The predicted molar refractivity (Wildman–Crippen MR) is 107 cm³/mol. The lowest BCUT2D eigenvalue weighted by atomic mass is 10.2. The molecular weight excluding hydrogens is 336 g/mol. The number of amides is 1. The minimum absolute atomic E-state index is 0.198. The molecule has 4 aromatic rings. The van der Waals surface area contributed by atoms with Crippen molar-refractivity contribution in [1.82, 2.24) is 14.3 Å². The summed E-state index contributed by atoms with van der Waals surface area (Å²) in [6.07, 6.45) is 1.96. The zero-order chi connectivity index (χ0) is 18.8. The van der Waals surface area contributed by atoms with Crippen LogP contribution in [0.1, 0.15) is 16.1 Å². The number of carbonyl (C=O) groups is 1. The Kier molecular flexibility index (Phi) is 4.34. The summed E-state index contributed by atoms with van der Waals surface area (Å²) in [5.41, 5.74) is 4.93. The van der Waals surface area contributed by atoms with Crippen molar-refractivity contribution in [2.75, 3.05) is 5.32 Å². The molecule has 2 aromatic carbocycles. The number of aromatic nitrogens is 3. The molecule has 2 heterocycles. The van der Waals surface area contributed by atoms with Crippen LogP contribution in [-0.2, 0) is 7.05 Å². The highest BCUT2D eigenvalue weighted by Crippen LogP contribution is 2.23. The fourth-order valence-corrected chi connectivity index (χ4v) is 2.99. The molecule has 1 amide bonds. The summed E-state index contributed by atoms with van der Waals surface area (Å²) in [7, 11) is 1.96. The lowest BCUT2D eigenvalue weighted by molar-refractivity contribution is 0.101. The third kappa shape index (κ3) is 3.40. The maximum absolute atomic E-state index is 13.0. The largest absolute Gasteiger partial charge is 0.349 e. The second-order valence-electron chi connectivity index (χ2n) is 6.49. The van der Waals surface area contributed by atoms with Crippen molar-refractivity contribution in [2.45, 2.75) is 6.92 Å².